The van der Waals surface area contributed by atoms with Crippen molar-refractivity contribution in [2.24, 2.45) is 5.92 Å². The highest BCUT2D eigenvalue weighted by Gasteiger charge is 2.33. The molecule has 0 bridgehead atoms. The van der Waals surface area contributed by atoms with Gasteiger partial charge in [-0.1, -0.05) is 0 Å². The van der Waals surface area contributed by atoms with Crippen molar-refractivity contribution < 1.29 is 14.3 Å². The highest BCUT2D eigenvalue weighted by atomic mass is 16.6. The van der Waals surface area contributed by atoms with Gasteiger partial charge in [-0.25, -0.2) is 4.79 Å². The van der Waals surface area contributed by atoms with Gasteiger partial charge >= 0.3 is 6.09 Å². The zero-order chi connectivity index (χ0) is 16.3. The van der Waals surface area contributed by atoms with Gasteiger partial charge in [0.15, 0.2) is 0 Å². The first-order chi connectivity index (χ1) is 10.3. The van der Waals surface area contributed by atoms with E-state index in [2.05, 4.69) is 11.8 Å². The molecule has 0 radical (unpaired) electrons. The molecule has 0 aromatic rings. The summed E-state index contributed by atoms with van der Waals surface area (Å²) in [7, 11) is 0. The van der Waals surface area contributed by atoms with Crippen LogP contribution in [0.1, 0.15) is 59.8 Å². The van der Waals surface area contributed by atoms with Crippen molar-refractivity contribution in [1.82, 2.24) is 9.80 Å². The molecule has 2 amide bonds. The quantitative estimate of drug-likeness (QED) is 0.748. The molecule has 0 aliphatic carbocycles. The number of hydrogen-bond acceptors (Lipinski definition) is 3. The second kappa shape index (κ2) is 6.88. The molecule has 2 heterocycles. The van der Waals surface area contributed by atoms with E-state index < -0.39 is 5.60 Å². The molecule has 2 saturated heterocycles. The van der Waals surface area contributed by atoms with Gasteiger partial charge in [-0.3, -0.25) is 4.79 Å². The fourth-order valence-corrected chi connectivity index (χ4v) is 3.30. The maximum atomic E-state index is 12.7. The molecule has 22 heavy (non-hydrogen) atoms. The van der Waals surface area contributed by atoms with Gasteiger partial charge in [-0.05, 0) is 59.8 Å². The number of carbonyl (C=O) groups is 2. The zero-order valence-corrected chi connectivity index (χ0v) is 14.4. The van der Waals surface area contributed by atoms with Gasteiger partial charge in [0.25, 0.3) is 0 Å². The Morgan fingerprint density at radius 3 is 2.18 bits per heavy atom. The summed E-state index contributed by atoms with van der Waals surface area (Å²) < 4.78 is 5.40. The lowest BCUT2D eigenvalue weighted by Crippen LogP contribution is -2.49. The molecule has 0 N–H and O–H groups in total. The largest absolute Gasteiger partial charge is 0.444 e. The first kappa shape index (κ1) is 17.1. The number of hydrogen-bond donors (Lipinski definition) is 0. The SMILES string of the molecule is C[C@@H]1CCCCN1C(=O)C1CCN(C(=O)OC(C)(C)C)CC1. The fourth-order valence-electron chi connectivity index (χ4n) is 3.30. The smallest absolute Gasteiger partial charge is 0.410 e. The summed E-state index contributed by atoms with van der Waals surface area (Å²) in [5.74, 6) is 0.357. The topological polar surface area (TPSA) is 49.9 Å². The van der Waals surface area contributed by atoms with Crippen LogP contribution in [0, 0.1) is 5.92 Å². The van der Waals surface area contributed by atoms with Crippen LogP contribution in [-0.2, 0) is 9.53 Å². The molecule has 2 rings (SSSR count). The molecule has 0 aromatic heterocycles. The van der Waals surface area contributed by atoms with Crippen LogP contribution in [-0.4, -0.2) is 53.1 Å². The molecule has 2 aliphatic rings. The predicted molar refractivity (Wildman–Crippen MR) is 85.6 cm³/mol. The molecule has 0 unspecified atom stereocenters. The minimum Gasteiger partial charge on any atom is -0.444 e. The highest BCUT2D eigenvalue weighted by molar-refractivity contribution is 5.79. The van der Waals surface area contributed by atoms with Gasteiger partial charge in [0.05, 0.1) is 0 Å². The molecule has 0 aromatic carbocycles. The number of likely N-dealkylation sites (tertiary alicyclic amines) is 2. The Balaban J connectivity index is 1.84. The fraction of sp³-hybridized carbons (Fsp3) is 0.882. The summed E-state index contributed by atoms with van der Waals surface area (Å²) in [4.78, 5) is 28.5. The van der Waals surface area contributed by atoms with E-state index in [1.165, 1.54) is 6.42 Å². The van der Waals surface area contributed by atoms with Crippen molar-refractivity contribution in [2.45, 2.75) is 71.4 Å². The Morgan fingerprint density at radius 1 is 1.00 bits per heavy atom. The van der Waals surface area contributed by atoms with E-state index in [1.807, 2.05) is 20.8 Å². The van der Waals surface area contributed by atoms with Crippen LogP contribution in [0.15, 0.2) is 0 Å². The van der Waals surface area contributed by atoms with Gasteiger partial charge < -0.3 is 14.5 Å². The number of rotatable bonds is 1. The molecule has 0 spiro atoms. The lowest BCUT2D eigenvalue weighted by molar-refractivity contribution is -0.140. The second-order valence-electron chi connectivity index (χ2n) is 7.62. The standard InChI is InChI=1S/C17H30N2O3/c1-13-7-5-6-10-19(13)15(20)14-8-11-18(12-9-14)16(21)22-17(2,3)4/h13-14H,5-12H2,1-4H3/t13-/m1/s1. The lowest BCUT2D eigenvalue weighted by Gasteiger charge is -2.38. The average Bonchev–Trinajstić information content (AvgIpc) is 2.45. The highest BCUT2D eigenvalue weighted by Crippen LogP contribution is 2.25. The van der Waals surface area contributed by atoms with Gasteiger partial charge in [-0.15, -0.1) is 0 Å². The third kappa shape index (κ3) is 4.37. The van der Waals surface area contributed by atoms with Crippen molar-refractivity contribution in [1.29, 1.82) is 0 Å². The van der Waals surface area contributed by atoms with Gasteiger partial charge in [0.2, 0.25) is 5.91 Å². The van der Waals surface area contributed by atoms with E-state index in [0.717, 1.165) is 32.2 Å². The van der Waals surface area contributed by atoms with Gasteiger partial charge in [0, 0.05) is 31.6 Å². The minimum atomic E-state index is -0.465. The molecule has 126 valence electrons. The van der Waals surface area contributed by atoms with Crippen molar-refractivity contribution in [3.8, 4) is 0 Å². The number of carbonyl (C=O) groups excluding carboxylic acids is 2. The first-order valence-corrected chi connectivity index (χ1v) is 8.56. The Labute approximate surface area is 134 Å². The second-order valence-corrected chi connectivity index (χ2v) is 7.62. The van der Waals surface area contributed by atoms with Crippen LogP contribution in [0.3, 0.4) is 0 Å². The Bertz CT molecular complexity index is 409. The summed E-state index contributed by atoms with van der Waals surface area (Å²) in [6, 6.07) is 0.366. The van der Waals surface area contributed by atoms with Gasteiger partial charge in [0.1, 0.15) is 5.60 Å². The lowest BCUT2D eigenvalue weighted by atomic mass is 9.93. The molecule has 1 atom stereocenters. The van der Waals surface area contributed by atoms with Crippen LogP contribution in [0.2, 0.25) is 0 Å². The van der Waals surface area contributed by atoms with Crippen LogP contribution in [0.25, 0.3) is 0 Å². The van der Waals surface area contributed by atoms with E-state index in [-0.39, 0.29) is 17.9 Å². The average molecular weight is 310 g/mol. The van der Waals surface area contributed by atoms with Gasteiger partial charge in [-0.2, -0.15) is 0 Å². The Hall–Kier alpha value is -1.26. The zero-order valence-electron chi connectivity index (χ0n) is 14.4. The maximum absolute atomic E-state index is 12.7. The predicted octanol–water partition coefficient (Wildman–Crippen LogP) is 3.03. The molecule has 0 saturated carbocycles. The maximum Gasteiger partial charge on any atom is 0.410 e. The number of amides is 2. The summed E-state index contributed by atoms with van der Waals surface area (Å²) >= 11 is 0. The third-order valence-electron chi connectivity index (χ3n) is 4.58. The van der Waals surface area contributed by atoms with E-state index in [1.54, 1.807) is 4.90 Å². The minimum absolute atomic E-state index is 0.0687. The van der Waals surface area contributed by atoms with Crippen molar-refractivity contribution in [3.63, 3.8) is 0 Å². The van der Waals surface area contributed by atoms with E-state index in [0.29, 0.717) is 19.1 Å². The Kier molecular flexibility index (Phi) is 5.35. The van der Waals surface area contributed by atoms with E-state index >= 15 is 0 Å². The number of piperidine rings is 2. The van der Waals surface area contributed by atoms with Crippen LogP contribution >= 0.6 is 0 Å². The molecule has 2 aliphatic heterocycles. The number of nitrogens with zero attached hydrogens (tertiary/aromatic N) is 2. The van der Waals surface area contributed by atoms with Crippen molar-refractivity contribution >= 4 is 12.0 Å². The van der Waals surface area contributed by atoms with Crippen molar-refractivity contribution in [2.75, 3.05) is 19.6 Å². The molecule has 5 heteroatoms. The summed E-state index contributed by atoms with van der Waals surface area (Å²) in [5, 5.41) is 0. The van der Waals surface area contributed by atoms with Crippen molar-refractivity contribution in [3.05, 3.63) is 0 Å². The molecule has 5 nitrogen and oxygen atoms in total. The van der Waals surface area contributed by atoms with Crippen LogP contribution in [0.4, 0.5) is 4.79 Å². The van der Waals surface area contributed by atoms with E-state index in [9.17, 15) is 9.59 Å². The third-order valence-corrected chi connectivity index (χ3v) is 4.58. The van der Waals surface area contributed by atoms with Crippen LogP contribution in [0.5, 0.6) is 0 Å². The summed E-state index contributed by atoms with van der Waals surface area (Å²) in [6.07, 6.45) is 4.70. The molecule has 2 fully saturated rings. The Morgan fingerprint density at radius 2 is 1.64 bits per heavy atom. The summed E-state index contributed by atoms with van der Waals surface area (Å²) in [6.45, 7) is 9.90. The summed E-state index contributed by atoms with van der Waals surface area (Å²) in [5.41, 5.74) is -0.465. The molecular weight excluding hydrogens is 280 g/mol. The first-order valence-electron chi connectivity index (χ1n) is 8.56. The van der Waals surface area contributed by atoms with E-state index in [4.69, 9.17) is 4.74 Å². The number of ether oxygens (including phenoxy) is 1. The van der Waals surface area contributed by atoms with Crippen LogP contribution < -0.4 is 0 Å². The normalized spacial score (nSPS) is 24.3. The monoisotopic (exact) mass is 310 g/mol. The molecular formula is C17H30N2O3.